The van der Waals surface area contributed by atoms with Crippen LogP contribution in [0.2, 0.25) is 0 Å². The smallest absolute Gasteiger partial charge is 0.193 e. The average molecular weight is 362 g/mol. The first-order valence-electron chi connectivity index (χ1n) is 7.77. The van der Waals surface area contributed by atoms with Crippen LogP contribution >= 0.6 is 0 Å². The molecule has 0 aliphatic carbocycles. The second-order valence-electron chi connectivity index (χ2n) is 6.19. The summed E-state index contributed by atoms with van der Waals surface area (Å²) >= 11 is 0. The number of carbonyl (C=O) groups excluding carboxylic acids is 1. The van der Waals surface area contributed by atoms with Crippen molar-refractivity contribution in [2.75, 3.05) is 38.0 Å². The number of ketones is 1. The van der Waals surface area contributed by atoms with Gasteiger partial charge in [-0.25, -0.2) is 10.4 Å². The first-order valence-corrected chi connectivity index (χ1v) is 7.77. The maximum atomic E-state index is 12.7. The maximum Gasteiger partial charge on any atom is 0.193 e. The molecule has 2 rings (SSSR count). The Balaban J connectivity index is 2.49. The highest BCUT2D eigenvalue weighted by atomic mass is 16.8. The summed E-state index contributed by atoms with van der Waals surface area (Å²) in [4.78, 5) is 16.0. The van der Waals surface area contributed by atoms with Gasteiger partial charge in [-0.1, -0.05) is 0 Å². The number of hydrogen-bond donors (Lipinski definition) is 4. The number of benzene rings is 2. The molecule has 26 heavy (non-hydrogen) atoms. The van der Waals surface area contributed by atoms with Crippen molar-refractivity contribution in [1.29, 1.82) is 0 Å². The molecule has 0 amide bonds. The highest BCUT2D eigenvalue weighted by Crippen LogP contribution is 2.26. The van der Waals surface area contributed by atoms with Crippen LogP contribution in [0.3, 0.4) is 0 Å². The van der Waals surface area contributed by atoms with Crippen LogP contribution in [0.25, 0.3) is 0 Å². The molecular weight excluding hydrogens is 340 g/mol. The predicted octanol–water partition coefficient (Wildman–Crippen LogP) is -0.144. The lowest BCUT2D eigenvalue weighted by Crippen LogP contribution is -2.99. The lowest BCUT2D eigenvalue weighted by Gasteiger charge is -2.22. The van der Waals surface area contributed by atoms with Crippen molar-refractivity contribution in [3.63, 3.8) is 0 Å². The number of carbonyl (C=O) groups is 1. The Bertz CT molecular complexity index is 740. The van der Waals surface area contributed by atoms with Gasteiger partial charge in [0.15, 0.2) is 17.2 Å². The molecule has 0 saturated carbocycles. The van der Waals surface area contributed by atoms with Gasteiger partial charge < -0.3 is 20.2 Å². The first kappa shape index (κ1) is 19.8. The largest absolute Gasteiger partial charge is 0.595 e. The molecule has 9 nitrogen and oxygen atoms in total. The van der Waals surface area contributed by atoms with Crippen molar-refractivity contribution in [1.82, 2.24) is 0 Å². The summed E-state index contributed by atoms with van der Waals surface area (Å²) in [6, 6.07) is 8.79. The molecule has 0 aromatic heterocycles. The van der Waals surface area contributed by atoms with Gasteiger partial charge in [-0.05, 0) is 24.3 Å². The zero-order chi connectivity index (χ0) is 19.6. The zero-order valence-electron chi connectivity index (χ0n) is 15.0. The number of rotatable bonds is 6. The highest BCUT2D eigenvalue weighted by molar-refractivity contribution is 6.10. The van der Waals surface area contributed by atoms with Crippen LogP contribution in [-0.4, -0.2) is 44.4 Å². The van der Waals surface area contributed by atoms with Gasteiger partial charge in [0.1, 0.15) is 11.4 Å². The van der Waals surface area contributed by atoms with Gasteiger partial charge in [0.2, 0.25) is 0 Å². The van der Waals surface area contributed by atoms with Crippen LogP contribution in [0.1, 0.15) is 15.9 Å². The third kappa shape index (κ3) is 3.99. The summed E-state index contributed by atoms with van der Waals surface area (Å²) in [7, 11) is 6.84. The number of anilines is 2. The molecule has 0 saturated heterocycles. The molecule has 0 aliphatic rings. The summed E-state index contributed by atoms with van der Waals surface area (Å²) in [5.74, 6) is -0.439. The summed E-state index contributed by atoms with van der Waals surface area (Å²) in [6.07, 6.45) is 0. The second-order valence-corrected chi connectivity index (χ2v) is 6.19. The van der Waals surface area contributed by atoms with E-state index < -0.39 is 16.2 Å². The fraction of sp³-hybridized carbons (Fsp3) is 0.235. The lowest BCUT2D eigenvalue weighted by atomic mass is 10.0. The van der Waals surface area contributed by atoms with E-state index in [0.29, 0.717) is 11.4 Å². The first-order chi connectivity index (χ1) is 12.1. The topological polar surface area (TPSA) is 119 Å². The molecule has 140 valence electrons. The number of nitrogens with zero attached hydrogens (tertiary/aromatic N) is 2. The third-order valence-electron chi connectivity index (χ3n) is 3.94. The quantitative estimate of drug-likeness (QED) is 0.417. The Kier molecular flexibility index (Phi) is 5.93. The van der Waals surface area contributed by atoms with Crippen molar-refractivity contribution in [2.45, 2.75) is 0 Å². The van der Waals surface area contributed by atoms with E-state index in [1.54, 1.807) is 50.1 Å². The molecule has 2 atom stereocenters. The fourth-order valence-corrected chi connectivity index (χ4v) is 2.64. The van der Waals surface area contributed by atoms with Crippen molar-refractivity contribution in [3.05, 3.63) is 57.9 Å². The Morgan fingerprint density at radius 2 is 1.15 bits per heavy atom. The molecule has 9 heteroatoms. The van der Waals surface area contributed by atoms with E-state index in [4.69, 9.17) is 0 Å². The van der Waals surface area contributed by atoms with Crippen molar-refractivity contribution >= 4 is 28.5 Å². The summed E-state index contributed by atoms with van der Waals surface area (Å²) in [6.45, 7) is 0. The molecule has 0 fully saturated rings. The van der Waals surface area contributed by atoms with Crippen LogP contribution in [0, 0.1) is 10.4 Å². The van der Waals surface area contributed by atoms with Crippen LogP contribution < -0.4 is 20.3 Å². The van der Waals surface area contributed by atoms with Gasteiger partial charge in [0, 0.05) is 51.5 Å². The fourth-order valence-electron chi connectivity index (χ4n) is 2.64. The molecule has 0 radical (unpaired) electrons. The molecule has 0 bridgehead atoms. The van der Waals surface area contributed by atoms with E-state index in [2.05, 4.69) is 0 Å². The number of hydrogen-bond acceptors (Lipinski definition) is 7. The third-order valence-corrected chi connectivity index (χ3v) is 3.94. The number of nitrogens with one attached hydrogen (secondary N) is 2. The van der Waals surface area contributed by atoms with Crippen LogP contribution in [0.5, 0.6) is 0 Å². The Labute approximate surface area is 151 Å². The SMILES string of the molecule is CN(C)c1ccc(C(=O)c2ccc(N(C)C)c([NH+]([O-])O)c2)cc1[NH+]([O-])O. The van der Waals surface area contributed by atoms with Crippen molar-refractivity contribution < 1.29 is 25.7 Å². The molecule has 2 aromatic carbocycles. The molecular formula is C17H22N4O5. The van der Waals surface area contributed by atoms with E-state index in [1.807, 2.05) is 0 Å². The van der Waals surface area contributed by atoms with E-state index in [0.717, 1.165) is 0 Å². The molecule has 2 unspecified atom stereocenters. The van der Waals surface area contributed by atoms with Gasteiger partial charge in [0.25, 0.3) is 0 Å². The molecule has 0 aliphatic heterocycles. The molecule has 2 aromatic rings. The van der Waals surface area contributed by atoms with Crippen LogP contribution in [-0.2, 0) is 0 Å². The average Bonchev–Trinajstić information content (AvgIpc) is 2.59. The highest BCUT2D eigenvalue weighted by Gasteiger charge is 2.19. The van der Waals surface area contributed by atoms with Gasteiger partial charge in [-0.3, -0.25) is 4.79 Å². The summed E-state index contributed by atoms with van der Waals surface area (Å²) in [5, 5.41) is 39.4. The lowest BCUT2D eigenvalue weighted by molar-refractivity contribution is -0.990. The van der Waals surface area contributed by atoms with Gasteiger partial charge in [-0.15, -0.1) is 0 Å². The minimum atomic E-state index is -1.14. The number of quaternary nitrogens is 2. The Hall–Kier alpha value is -2.53. The van der Waals surface area contributed by atoms with Gasteiger partial charge in [0.05, 0.1) is 0 Å². The van der Waals surface area contributed by atoms with Gasteiger partial charge in [-0.2, -0.15) is 10.5 Å². The maximum absolute atomic E-state index is 12.7. The molecule has 0 heterocycles. The van der Waals surface area contributed by atoms with Crippen molar-refractivity contribution in [3.8, 4) is 0 Å². The second kappa shape index (κ2) is 7.79. The van der Waals surface area contributed by atoms with Crippen LogP contribution in [0.4, 0.5) is 22.7 Å². The molecule has 4 N–H and O–H groups in total. The predicted molar refractivity (Wildman–Crippen MR) is 96.5 cm³/mol. The van der Waals surface area contributed by atoms with E-state index in [9.17, 15) is 25.6 Å². The summed E-state index contributed by atoms with van der Waals surface area (Å²) < 4.78 is 0. The van der Waals surface area contributed by atoms with E-state index in [-0.39, 0.29) is 22.5 Å². The van der Waals surface area contributed by atoms with E-state index >= 15 is 0 Å². The Morgan fingerprint density at radius 1 is 0.808 bits per heavy atom. The van der Waals surface area contributed by atoms with Crippen LogP contribution in [0.15, 0.2) is 36.4 Å². The minimum absolute atomic E-state index is 0.00391. The van der Waals surface area contributed by atoms with Gasteiger partial charge >= 0.3 is 0 Å². The summed E-state index contributed by atoms with van der Waals surface area (Å²) in [5.41, 5.74) is 1.32. The zero-order valence-corrected chi connectivity index (χ0v) is 15.0. The minimum Gasteiger partial charge on any atom is -0.595 e. The normalized spacial score (nSPS) is 13.2. The Morgan fingerprint density at radius 3 is 1.42 bits per heavy atom. The monoisotopic (exact) mass is 362 g/mol. The van der Waals surface area contributed by atoms with Crippen molar-refractivity contribution in [2.24, 2.45) is 0 Å². The standard InChI is InChI=1S/C17H22N4O5/c1-18(2)13-7-5-11(9-15(13)20(23)24)17(22)12-6-8-14(19(3)4)16(10-12)21(25)26/h5-10,20-21,23,25H,1-4H3. The molecule has 0 spiro atoms. The van der Waals surface area contributed by atoms with E-state index in [1.165, 1.54) is 24.3 Å².